The fraction of sp³-hybridized carbons (Fsp3) is 0.0769. The van der Waals surface area contributed by atoms with Crippen LogP contribution in [-0.4, -0.2) is 10.8 Å². The van der Waals surface area contributed by atoms with E-state index < -0.39 is 11.6 Å². The van der Waals surface area contributed by atoms with E-state index in [0.717, 1.165) is 6.07 Å². The van der Waals surface area contributed by atoms with Crippen molar-refractivity contribution in [2.75, 3.05) is 0 Å². The molecule has 0 N–H and O–H groups in total. The summed E-state index contributed by atoms with van der Waals surface area (Å²) in [4.78, 5) is 15.1. The second-order valence-electron chi connectivity index (χ2n) is 3.68. The number of ketones is 1. The number of carbonyl (C=O) groups excluding carboxylic acids is 1. The normalized spacial score (nSPS) is 10.3. The maximum Gasteiger partial charge on any atom is 0.161 e. The van der Waals surface area contributed by atoms with Gasteiger partial charge in [0.1, 0.15) is 11.6 Å². The largest absolute Gasteiger partial charge is 0.294 e. The molecular formula is C13H9F2NO. The Labute approximate surface area is 96.9 Å². The van der Waals surface area contributed by atoms with Gasteiger partial charge in [0, 0.05) is 29.6 Å². The van der Waals surface area contributed by atoms with Gasteiger partial charge < -0.3 is 0 Å². The van der Waals surface area contributed by atoms with Gasteiger partial charge in [0.15, 0.2) is 5.78 Å². The van der Waals surface area contributed by atoms with Crippen LogP contribution >= 0.6 is 0 Å². The van der Waals surface area contributed by atoms with Crippen molar-refractivity contribution in [3.05, 3.63) is 53.9 Å². The number of hydrogen-bond donors (Lipinski definition) is 0. The van der Waals surface area contributed by atoms with Crippen molar-refractivity contribution in [1.82, 2.24) is 4.98 Å². The van der Waals surface area contributed by atoms with Crippen molar-refractivity contribution in [3.8, 4) is 11.1 Å². The first-order chi connectivity index (χ1) is 8.06. The molecule has 0 radical (unpaired) electrons. The molecule has 0 aliphatic heterocycles. The van der Waals surface area contributed by atoms with E-state index in [1.165, 1.54) is 31.5 Å². The average Bonchev–Trinajstić information content (AvgIpc) is 2.28. The number of benzene rings is 1. The van der Waals surface area contributed by atoms with Gasteiger partial charge >= 0.3 is 0 Å². The van der Waals surface area contributed by atoms with Crippen LogP contribution in [0, 0.1) is 11.6 Å². The van der Waals surface area contributed by atoms with Gasteiger partial charge in [0.2, 0.25) is 0 Å². The molecule has 1 aromatic heterocycles. The molecular weight excluding hydrogens is 224 g/mol. The van der Waals surface area contributed by atoms with Crippen molar-refractivity contribution in [3.63, 3.8) is 0 Å². The van der Waals surface area contributed by atoms with E-state index in [0.29, 0.717) is 16.7 Å². The molecule has 0 atom stereocenters. The van der Waals surface area contributed by atoms with Gasteiger partial charge in [-0.2, -0.15) is 0 Å². The SMILES string of the molecule is CC(=O)c1cncc(-c2cc(F)cc(F)c2)c1. The van der Waals surface area contributed by atoms with E-state index in [2.05, 4.69) is 4.98 Å². The summed E-state index contributed by atoms with van der Waals surface area (Å²) in [5.74, 6) is -1.46. The van der Waals surface area contributed by atoms with Gasteiger partial charge in [-0.1, -0.05) is 0 Å². The van der Waals surface area contributed by atoms with Crippen molar-refractivity contribution >= 4 is 5.78 Å². The van der Waals surface area contributed by atoms with Crippen LogP contribution in [0.15, 0.2) is 36.7 Å². The Morgan fingerprint density at radius 2 is 1.65 bits per heavy atom. The predicted octanol–water partition coefficient (Wildman–Crippen LogP) is 3.23. The number of rotatable bonds is 2. The summed E-state index contributed by atoms with van der Waals surface area (Å²) in [6.07, 6.45) is 2.88. The summed E-state index contributed by atoms with van der Waals surface area (Å²) in [6, 6.07) is 4.75. The highest BCUT2D eigenvalue weighted by atomic mass is 19.1. The minimum Gasteiger partial charge on any atom is -0.294 e. The molecule has 1 aromatic carbocycles. The number of pyridine rings is 1. The molecule has 0 saturated heterocycles. The Balaban J connectivity index is 2.52. The number of halogens is 2. The van der Waals surface area contributed by atoms with E-state index in [9.17, 15) is 13.6 Å². The van der Waals surface area contributed by atoms with Crippen molar-refractivity contribution in [2.45, 2.75) is 6.92 Å². The molecule has 0 unspecified atom stereocenters. The molecule has 0 aliphatic carbocycles. The third-order valence-electron chi connectivity index (χ3n) is 2.34. The molecule has 86 valence electrons. The third-order valence-corrected chi connectivity index (χ3v) is 2.34. The quantitative estimate of drug-likeness (QED) is 0.745. The number of Topliss-reactive ketones (excluding diaryl/α,β-unsaturated/α-hetero) is 1. The average molecular weight is 233 g/mol. The van der Waals surface area contributed by atoms with Gasteiger partial charge in [-0.15, -0.1) is 0 Å². The number of hydrogen-bond acceptors (Lipinski definition) is 2. The molecule has 0 saturated carbocycles. The van der Waals surface area contributed by atoms with Crippen LogP contribution < -0.4 is 0 Å². The van der Waals surface area contributed by atoms with Gasteiger partial charge in [0.25, 0.3) is 0 Å². The highest BCUT2D eigenvalue weighted by Crippen LogP contribution is 2.21. The van der Waals surface area contributed by atoms with Crippen LogP contribution in [0.4, 0.5) is 8.78 Å². The molecule has 4 heteroatoms. The molecule has 1 heterocycles. The first-order valence-electron chi connectivity index (χ1n) is 4.99. The Kier molecular flexibility index (Phi) is 2.95. The summed E-state index contributed by atoms with van der Waals surface area (Å²) < 4.78 is 26.1. The lowest BCUT2D eigenvalue weighted by Crippen LogP contribution is -1.94. The zero-order chi connectivity index (χ0) is 12.4. The topological polar surface area (TPSA) is 30.0 Å². The van der Waals surface area contributed by atoms with E-state index in [-0.39, 0.29) is 5.78 Å². The Hall–Kier alpha value is -2.10. The maximum atomic E-state index is 13.0. The second kappa shape index (κ2) is 4.41. The number of aromatic nitrogens is 1. The zero-order valence-electron chi connectivity index (χ0n) is 9.08. The fourth-order valence-electron chi connectivity index (χ4n) is 1.51. The lowest BCUT2D eigenvalue weighted by atomic mass is 10.0. The van der Waals surface area contributed by atoms with Gasteiger partial charge in [-0.3, -0.25) is 9.78 Å². The van der Waals surface area contributed by atoms with E-state index in [1.807, 2.05) is 0 Å². The predicted molar refractivity (Wildman–Crippen MR) is 59.6 cm³/mol. The summed E-state index contributed by atoms with van der Waals surface area (Å²) in [5.41, 5.74) is 1.28. The van der Waals surface area contributed by atoms with E-state index >= 15 is 0 Å². The van der Waals surface area contributed by atoms with Gasteiger partial charge in [-0.05, 0) is 30.7 Å². The first kappa shape index (κ1) is 11.4. The van der Waals surface area contributed by atoms with Crippen molar-refractivity contribution < 1.29 is 13.6 Å². The molecule has 2 aromatic rings. The molecule has 0 aliphatic rings. The highest BCUT2D eigenvalue weighted by Gasteiger charge is 2.06. The summed E-state index contributed by atoms with van der Waals surface area (Å²) in [5, 5.41) is 0. The van der Waals surface area contributed by atoms with E-state index in [4.69, 9.17) is 0 Å². The summed E-state index contributed by atoms with van der Waals surface area (Å²) in [6.45, 7) is 1.41. The van der Waals surface area contributed by atoms with Crippen LogP contribution in [-0.2, 0) is 0 Å². The van der Waals surface area contributed by atoms with Crippen molar-refractivity contribution in [2.24, 2.45) is 0 Å². The highest BCUT2D eigenvalue weighted by molar-refractivity contribution is 5.94. The molecule has 2 rings (SSSR count). The standard InChI is InChI=1S/C13H9F2NO/c1-8(17)10-2-11(7-16-6-10)9-3-12(14)5-13(15)4-9/h2-7H,1H3. The Bertz CT molecular complexity index is 561. The van der Waals surface area contributed by atoms with Crippen LogP contribution in [0.1, 0.15) is 17.3 Å². The molecule has 0 bridgehead atoms. The molecule has 0 fully saturated rings. The number of carbonyl (C=O) groups is 1. The molecule has 17 heavy (non-hydrogen) atoms. The van der Waals surface area contributed by atoms with Gasteiger partial charge in [-0.25, -0.2) is 8.78 Å². The summed E-state index contributed by atoms with van der Waals surface area (Å²) >= 11 is 0. The maximum absolute atomic E-state index is 13.0. The van der Waals surface area contributed by atoms with Gasteiger partial charge in [0.05, 0.1) is 0 Å². The molecule has 0 amide bonds. The second-order valence-corrected chi connectivity index (χ2v) is 3.68. The first-order valence-corrected chi connectivity index (χ1v) is 4.99. The molecule has 2 nitrogen and oxygen atoms in total. The third kappa shape index (κ3) is 2.53. The Morgan fingerprint density at radius 1 is 1.00 bits per heavy atom. The van der Waals surface area contributed by atoms with Crippen LogP contribution in [0.5, 0.6) is 0 Å². The lowest BCUT2D eigenvalue weighted by Gasteiger charge is -2.03. The zero-order valence-corrected chi connectivity index (χ0v) is 9.08. The Morgan fingerprint density at radius 3 is 2.24 bits per heavy atom. The fourth-order valence-corrected chi connectivity index (χ4v) is 1.51. The minimum atomic E-state index is -0.659. The van der Waals surface area contributed by atoms with Crippen LogP contribution in [0.2, 0.25) is 0 Å². The molecule has 0 spiro atoms. The lowest BCUT2D eigenvalue weighted by molar-refractivity contribution is 0.101. The minimum absolute atomic E-state index is 0.142. The van der Waals surface area contributed by atoms with E-state index in [1.54, 1.807) is 6.07 Å². The monoisotopic (exact) mass is 233 g/mol. The number of nitrogens with zero attached hydrogens (tertiary/aromatic N) is 1. The van der Waals surface area contributed by atoms with Crippen LogP contribution in [0.3, 0.4) is 0 Å². The summed E-state index contributed by atoms with van der Waals surface area (Å²) in [7, 11) is 0. The van der Waals surface area contributed by atoms with Crippen LogP contribution in [0.25, 0.3) is 11.1 Å². The smallest absolute Gasteiger partial charge is 0.161 e. The van der Waals surface area contributed by atoms with Crippen molar-refractivity contribution in [1.29, 1.82) is 0 Å².